The molecule has 0 aromatic carbocycles. The molecule has 0 heteroatoms. The topological polar surface area (TPSA) is 0 Å². The monoisotopic (exact) mass is 79.1 g/mol. The average molecular weight is 79.1 g/mol. The van der Waals surface area contributed by atoms with Gasteiger partial charge < -0.3 is 0 Å². The standard InChI is InChI=1S/C6H7/c1-2-6-4-3-5-6/h2-4H,1,5H2. The Kier molecular flexibility index (Phi) is 0.789. The van der Waals surface area contributed by atoms with Gasteiger partial charge in [0, 0.05) is 5.92 Å². The third-order valence-electron chi connectivity index (χ3n) is 0.948. The first kappa shape index (κ1) is 3.66. The lowest BCUT2D eigenvalue weighted by Crippen LogP contribution is -1.92. The summed E-state index contributed by atoms with van der Waals surface area (Å²) in [6, 6.07) is 0. The molecule has 0 atom stereocenters. The number of rotatable bonds is 1. The molecule has 31 valence electrons. The zero-order valence-electron chi connectivity index (χ0n) is 3.65. The van der Waals surface area contributed by atoms with Crippen molar-refractivity contribution in [1.29, 1.82) is 0 Å². The van der Waals surface area contributed by atoms with E-state index in [0.717, 1.165) is 6.42 Å². The molecule has 0 nitrogen and oxygen atoms in total. The highest BCUT2D eigenvalue weighted by molar-refractivity contribution is 5.31. The molecule has 0 heterocycles. The van der Waals surface area contributed by atoms with Crippen LogP contribution in [-0.4, -0.2) is 0 Å². The highest BCUT2D eigenvalue weighted by Gasteiger charge is 2.02. The van der Waals surface area contributed by atoms with Gasteiger partial charge in [0.1, 0.15) is 0 Å². The number of allylic oxidation sites excluding steroid dienone is 3. The van der Waals surface area contributed by atoms with E-state index in [2.05, 4.69) is 18.7 Å². The van der Waals surface area contributed by atoms with Crippen molar-refractivity contribution in [2.24, 2.45) is 0 Å². The maximum atomic E-state index is 3.59. The summed E-state index contributed by atoms with van der Waals surface area (Å²) in [5.74, 6) is 1.36. The molecule has 1 aliphatic rings. The van der Waals surface area contributed by atoms with Crippen molar-refractivity contribution in [3.05, 3.63) is 30.7 Å². The van der Waals surface area contributed by atoms with Crippen LogP contribution in [0.4, 0.5) is 0 Å². The summed E-state index contributed by atoms with van der Waals surface area (Å²) in [6.45, 7) is 3.59. The highest BCUT2D eigenvalue weighted by atomic mass is 14.1. The molecule has 0 bridgehead atoms. The molecular formula is C6H7. The van der Waals surface area contributed by atoms with Crippen LogP contribution in [0.3, 0.4) is 0 Å². The smallest absolute Gasteiger partial charge is 0.0222 e. The van der Waals surface area contributed by atoms with E-state index in [4.69, 9.17) is 0 Å². The van der Waals surface area contributed by atoms with Crippen molar-refractivity contribution >= 4 is 0 Å². The highest BCUT2D eigenvalue weighted by Crippen LogP contribution is 2.18. The van der Waals surface area contributed by atoms with Crippen LogP contribution >= 0.6 is 0 Å². The van der Waals surface area contributed by atoms with Crippen molar-refractivity contribution in [3.63, 3.8) is 0 Å². The molecule has 0 saturated heterocycles. The van der Waals surface area contributed by atoms with Crippen molar-refractivity contribution in [2.45, 2.75) is 6.42 Å². The Bertz CT molecular complexity index is 80.0. The Morgan fingerprint density at radius 3 is 2.50 bits per heavy atom. The molecule has 1 rings (SSSR count). The first-order valence-corrected chi connectivity index (χ1v) is 2.08. The first-order chi connectivity index (χ1) is 2.93. The van der Waals surface area contributed by atoms with Crippen molar-refractivity contribution in [1.82, 2.24) is 0 Å². The van der Waals surface area contributed by atoms with Crippen LogP contribution in [-0.2, 0) is 0 Å². The van der Waals surface area contributed by atoms with Gasteiger partial charge in [-0.05, 0) is 6.42 Å². The van der Waals surface area contributed by atoms with Crippen LogP contribution in [0.25, 0.3) is 0 Å². The molecule has 0 amide bonds. The zero-order valence-corrected chi connectivity index (χ0v) is 3.65. The fourth-order valence-electron chi connectivity index (χ4n) is 0.405. The van der Waals surface area contributed by atoms with Crippen LogP contribution in [0.5, 0.6) is 0 Å². The second kappa shape index (κ2) is 1.29. The largest absolute Gasteiger partial charge is 0.102 e. The minimum absolute atomic E-state index is 1.13. The molecule has 1 aliphatic carbocycles. The number of hydrogen-bond acceptors (Lipinski definition) is 0. The summed E-state index contributed by atoms with van der Waals surface area (Å²) in [5, 5.41) is 0. The predicted molar refractivity (Wildman–Crippen MR) is 27.2 cm³/mol. The second-order valence-electron chi connectivity index (χ2n) is 1.39. The third kappa shape index (κ3) is 0.383. The van der Waals surface area contributed by atoms with Crippen LogP contribution in [0.1, 0.15) is 6.42 Å². The first-order valence-electron chi connectivity index (χ1n) is 2.08. The van der Waals surface area contributed by atoms with Gasteiger partial charge >= 0.3 is 0 Å². The van der Waals surface area contributed by atoms with Gasteiger partial charge in [0.05, 0.1) is 0 Å². The molecule has 0 N–H and O–H groups in total. The summed E-state index contributed by atoms with van der Waals surface area (Å²) in [4.78, 5) is 0. The molecule has 0 saturated carbocycles. The van der Waals surface area contributed by atoms with E-state index >= 15 is 0 Å². The zero-order chi connectivity index (χ0) is 4.41. The van der Waals surface area contributed by atoms with E-state index < -0.39 is 0 Å². The van der Waals surface area contributed by atoms with E-state index in [-0.39, 0.29) is 0 Å². The Labute approximate surface area is 38.2 Å². The van der Waals surface area contributed by atoms with E-state index in [1.165, 1.54) is 5.92 Å². The summed E-state index contributed by atoms with van der Waals surface area (Å²) in [6.07, 6.45) is 7.22. The van der Waals surface area contributed by atoms with Gasteiger partial charge in [-0.2, -0.15) is 0 Å². The van der Waals surface area contributed by atoms with Gasteiger partial charge in [0.15, 0.2) is 0 Å². The van der Waals surface area contributed by atoms with Crippen molar-refractivity contribution in [3.8, 4) is 0 Å². The van der Waals surface area contributed by atoms with Crippen LogP contribution in [0, 0.1) is 5.92 Å². The van der Waals surface area contributed by atoms with Crippen LogP contribution < -0.4 is 0 Å². The van der Waals surface area contributed by atoms with Crippen molar-refractivity contribution < 1.29 is 0 Å². The van der Waals surface area contributed by atoms with Gasteiger partial charge in [-0.15, -0.1) is 6.58 Å². The number of hydrogen-bond donors (Lipinski definition) is 0. The molecular weight excluding hydrogens is 72.1 g/mol. The molecule has 1 radical (unpaired) electrons. The van der Waals surface area contributed by atoms with Gasteiger partial charge in [0.25, 0.3) is 0 Å². The Balaban J connectivity index is 2.39. The normalized spacial score (nSPS) is 20.0. The lowest BCUT2D eigenvalue weighted by atomic mass is 9.96. The fraction of sp³-hybridized carbons (Fsp3) is 0.167. The van der Waals surface area contributed by atoms with E-state index in [1.807, 2.05) is 6.08 Å². The summed E-state index contributed by atoms with van der Waals surface area (Å²) in [5.41, 5.74) is 0. The predicted octanol–water partition coefficient (Wildman–Crippen LogP) is 1.71. The maximum Gasteiger partial charge on any atom is 0.0222 e. The van der Waals surface area contributed by atoms with E-state index in [9.17, 15) is 0 Å². The van der Waals surface area contributed by atoms with Crippen molar-refractivity contribution in [2.75, 3.05) is 0 Å². The maximum absolute atomic E-state index is 3.59. The molecule has 0 aromatic rings. The fourth-order valence-corrected chi connectivity index (χ4v) is 0.405. The quantitative estimate of drug-likeness (QED) is 0.448. The SMILES string of the molecule is C=C[C]1C=CC1. The molecule has 0 unspecified atom stereocenters. The van der Waals surface area contributed by atoms with E-state index in [1.54, 1.807) is 0 Å². The Morgan fingerprint density at radius 1 is 1.83 bits per heavy atom. The third-order valence-corrected chi connectivity index (χ3v) is 0.948. The van der Waals surface area contributed by atoms with Crippen LogP contribution in [0.15, 0.2) is 24.8 Å². The Hall–Kier alpha value is -0.520. The molecule has 0 spiro atoms. The van der Waals surface area contributed by atoms with Gasteiger partial charge in [-0.25, -0.2) is 0 Å². The molecule has 0 aromatic heterocycles. The minimum Gasteiger partial charge on any atom is -0.102 e. The van der Waals surface area contributed by atoms with Gasteiger partial charge in [-0.1, -0.05) is 18.2 Å². The Morgan fingerprint density at radius 2 is 2.50 bits per heavy atom. The molecule has 0 fully saturated rings. The lowest BCUT2D eigenvalue weighted by molar-refractivity contribution is 1.07. The van der Waals surface area contributed by atoms with Gasteiger partial charge in [0.2, 0.25) is 0 Å². The summed E-state index contributed by atoms with van der Waals surface area (Å²) < 4.78 is 0. The van der Waals surface area contributed by atoms with Gasteiger partial charge in [-0.3, -0.25) is 0 Å². The average Bonchev–Trinajstić information content (AvgIpc) is 1.31. The second-order valence-corrected chi connectivity index (χ2v) is 1.39. The minimum atomic E-state index is 1.13. The van der Waals surface area contributed by atoms with E-state index in [0.29, 0.717) is 0 Å². The lowest BCUT2D eigenvalue weighted by Gasteiger charge is -2.08. The summed E-state index contributed by atoms with van der Waals surface area (Å²) >= 11 is 0. The molecule has 0 aliphatic heterocycles. The summed E-state index contributed by atoms with van der Waals surface area (Å²) in [7, 11) is 0. The molecule has 6 heavy (non-hydrogen) atoms. The van der Waals surface area contributed by atoms with Crippen LogP contribution in [0.2, 0.25) is 0 Å².